The Hall–Kier alpha value is -1.71. The van der Waals surface area contributed by atoms with Crippen LogP contribution in [0.4, 0.5) is 17.1 Å². The minimum absolute atomic E-state index is 0.661. The molecule has 0 saturated heterocycles. The van der Waals surface area contributed by atoms with E-state index in [0.717, 1.165) is 17.1 Å². The van der Waals surface area contributed by atoms with Crippen LogP contribution in [0.5, 0.6) is 0 Å². The lowest BCUT2D eigenvalue weighted by molar-refractivity contribution is -0.105. The molecule has 1 amide bonds. The minimum Gasteiger partial charge on any atom is -0.386 e. The number of anilines is 3. The van der Waals surface area contributed by atoms with Crippen molar-refractivity contribution in [3.8, 4) is 0 Å². The Kier molecular flexibility index (Phi) is 3.14. The van der Waals surface area contributed by atoms with Gasteiger partial charge in [0.25, 0.3) is 0 Å². The van der Waals surface area contributed by atoms with E-state index in [-0.39, 0.29) is 0 Å². The van der Waals surface area contributed by atoms with Gasteiger partial charge in [0, 0.05) is 19.8 Å². The van der Waals surface area contributed by atoms with Crippen molar-refractivity contribution in [2.75, 3.05) is 30.0 Å². The van der Waals surface area contributed by atoms with Gasteiger partial charge in [0.2, 0.25) is 6.41 Å². The summed E-state index contributed by atoms with van der Waals surface area (Å²) in [5.74, 6) is 0. The molecule has 4 heteroatoms. The molecule has 1 rings (SSSR count). The molecule has 0 fully saturated rings. The Morgan fingerprint density at radius 3 is 2.38 bits per heavy atom. The largest absolute Gasteiger partial charge is 0.386 e. The van der Waals surface area contributed by atoms with Crippen LogP contribution in [0, 0.1) is 0 Å². The second kappa shape index (κ2) is 4.35. The molecule has 1 aromatic rings. The Balaban J connectivity index is 2.98. The van der Waals surface area contributed by atoms with Crippen LogP contribution >= 0.6 is 0 Å². The highest BCUT2D eigenvalue weighted by atomic mass is 16.1. The average molecular weight is 179 g/mol. The van der Waals surface area contributed by atoms with Gasteiger partial charge in [-0.3, -0.25) is 4.79 Å². The van der Waals surface area contributed by atoms with E-state index in [1.807, 2.05) is 32.3 Å². The van der Waals surface area contributed by atoms with Crippen LogP contribution in [-0.4, -0.2) is 20.5 Å². The first-order valence-corrected chi connectivity index (χ1v) is 4.01. The lowest BCUT2D eigenvalue weighted by Crippen LogP contribution is -1.99. The second-order valence-electron chi connectivity index (χ2n) is 2.52. The van der Waals surface area contributed by atoms with Gasteiger partial charge in [0.1, 0.15) is 0 Å². The van der Waals surface area contributed by atoms with Gasteiger partial charge >= 0.3 is 0 Å². The normalized spacial score (nSPS) is 9.08. The Morgan fingerprint density at radius 1 is 1.15 bits per heavy atom. The molecule has 3 N–H and O–H groups in total. The second-order valence-corrected chi connectivity index (χ2v) is 2.52. The first-order chi connectivity index (χ1) is 6.31. The predicted molar refractivity (Wildman–Crippen MR) is 55.2 cm³/mol. The van der Waals surface area contributed by atoms with Crippen molar-refractivity contribution in [2.45, 2.75) is 0 Å². The molecule has 0 aromatic heterocycles. The van der Waals surface area contributed by atoms with Gasteiger partial charge in [0.15, 0.2) is 0 Å². The fourth-order valence-electron chi connectivity index (χ4n) is 1.13. The summed E-state index contributed by atoms with van der Waals surface area (Å²) < 4.78 is 0. The standard InChI is InChI=1S/C9H13N3O/c1-10-8-4-3-7(12-6-13)5-9(8)11-2/h3-6,10-11H,1-2H3,(H,12,13). The quantitative estimate of drug-likeness (QED) is 0.611. The predicted octanol–water partition coefficient (Wildman–Crippen LogP) is 1.34. The first kappa shape index (κ1) is 9.38. The van der Waals surface area contributed by atoms with Gasteiger partial charge in [-0.1, -0.05) is 0 Å². The minimum atomic E-state index is 0.661. The van der Waals surface area contributed by atoms with Crippen LogP contribution in [0.1, 0.15) is 0 Å². The maximum absolute atomic E-state index is 10.2. The van der Waals surface area contributed by atoms with Crippen molar-refractivity contribution in [1.82, 2.24) is 0 Å². The van der Waals surface area contributed by atoms with E-state index in [4.69, 9.17) is 0 Å². The molecule has 1 aromatic carbocycles. The molecular weight excluding hydrogens is 166 g/mol. The maximum Gasteiger partial charge on any atom is 0.211 e. The highest BCUT2D eigenvalue weighted by molar-refractivity contribution is 5.79. The van der Waals surface area contributed by atoms with E-state index in [1.54, 1.807) is 0 Å². The highest BCUT2D eigenvalue weighted by Crippen LogP contribution is 2.24. The maximum atomic E-state index is 10.2. The zero-order valence-corrected chi connectivity index (χ0v) is 7.72. The Labute approximate surface area is 77.3 Å². The van der Waals surface area contributed by atoms with Crippen LogP contribution in [0.3, 0.4) is 0 Å². The average Bonchev–Trinajstić information content (AvgIpc) is 2.18. The summed E-state index contributed by atoms with van der Waals surface area (Å²) >= 11 is 0. The molecule has 0 radical (unpaired) electrons. The number of hydrogen-bond acceptors (Lipinski definition) is 3. The van der Waals surface area contributed by atoms with Crippen molar-refractivity contribution in [3.63, 3.8) is 0 Å². The van der Waals surface area contributed by atoms with Gasteiger partial charge in [-0.05, 0) is 18.2 Å². The Morgan fingerprint density at radius 2 is 1.85 bits per heavy atom. The molecule has 13 heavy (non-hydrogen) atoms. The van der Waals surface area contributed by atoms with Gasteiger partial charge in [-0.25, -0.2) is 0 Å². The molecule has 0 aliphatic heterocycles. The van der Waals surface area contributed by atoms with Gasteiger partial charge < -0.3 is 16.0 Å². The lowest BCUT2D eigenvalue weighted by atomic mass is 10.2. The number of rotatable bonds is 4. The summed E-state index contributed by atoms with van der Waals surface area (Å²) in [5, 5.41) is 8.65. The zero-order chi connectivity index (χ0) is 9.68. The van der Waals surface area contributed by atoms with Crippen LogP contribution in [-0.2, 0) is 4.79 Å². The number of carbonyl (C=O) groups is 1. The molecule has 0 aliphatic carbocycles. The van der Waals surface area contributed by atoms with E-state index in [9.17, 15) is 4.79 Å². The third-order valence-electron chi connectivity index (χ3n) is 1.78. The summed E-state index contributed by atoms with van der Waals surface area (Å²) in [5.41, 5.74) is 2.73. The molecule has 0 heterocycles. The fraction of sp³-hybridized carbons (Fsp3) is 0.222. The first-order valence-electron chi connectivity index (χ1n) is 4.01. The van der Waals surface area contributed by atoms with Gasteiger partial charge in [0.05, 0.1) is 11.4 Å². The van der Waals surface area contributed by atoms with Crippen molar-refractivity contribution >= 4 is 23.5 Å². The third-order valence-corrected chi connectivity index (χ3v) is 1.78. The molecule has 0 aliphatic rings. The van der Waals surface area contributed by atoms with E-state index in [2.05, 4.69) is 16.0 Å². The molecular formula is C9H13N3O. The smallest absolute Gasteiger partial charge is 0.211 e. The van der Waals surface area contributed by atoms with Crippen LogP contribution in [0.15, 0.2) is 18.2 Å². The summed E-state index contributed by atoms with van der Waals surface area (Å²) in [6.45, 7) is 0. The van der Waals surface area contributed by atoms with Crippen molar-refractivity contribution < 1.29 is 4.79 Å². The molecule has 0 bridgehead atoms. The van der Waals surface area contributed by atoms with E-state index >= 15 is 0 Å². The van der Waals surface area contributed by atoms with E-state index in [1.165, 1.54) is 0 Å². The van der Waals surface area contributed by atoms with Crippen molar-refractivity contribution in [2.24, 2.45) is 0 Å². The Bertz CT molecular complexity index is 299. The van der Waals surface area contributed by atoms with Gasteiger partial charge in [-0.15, -0.1) is 0 Å². The summed E-state index contributed by atoms with van der Waals surface area (Å²) in [7, 11) is 3.68. The summed E-state index contributed by atoms with van der Waals surface area (Å²) in [4.78, 5) is 10.2. The number of nitrogens with one attached hydrogen (secondary N) is 3. The number of hydrogen-bond donors (Lipinski definition) is 3. The van der Waals surface area contributed by atoms with E-state index < -0.39 is 0 Å². The highest BCUT2D eigenvalue weighted by Gasteiger charge is 1.99. The number of carbonyl (C=O) groups excluding carboxylic acids is 1. The summed E-state index contributed by atoms with van der Waals surface area (Å²) in [6.07, 6.45) is 0.661. The molecule has 4 nitrogen and oxygen atoms in total. The SMILES string of the molecule is CNc1ccc(NC=O)cc1NC. The third kappa shape index (κ3) is 2.11. The molecule has 0 spiro atoms. The zero-order valence-electron chi connectivity index (χ0n) is 7.72. The van der Waals surface area contributed by atoms with Crippen LogP contribution < -0.4 is 16.0 Å². The fourth-order valence-corrected chi connectivity index (χ4v) is 1.13. The molecule has 0 unspecified atom stereocenters. The van der Waals surface area contributed by atoms with Crippen LogP contribution in [0.2, 0.25) is 0 Å². The lowest BCUT2D eigenvalue weighted by Gasteiger charge is -2.09. The molecule has 0 saturated carbocycles. The van der Waals surface area contributed by atoms with Crippen LogP contribution in [0.25, 0.3) is 0 Å². The van der Waals surface area contributed by atoms with Gasteiger partial charge in [-0.2, -0.15) is 0 Å². The van der Waals surface area contributed by atoms with E-state index in [0.29, 0.717) is 6.41 Å². The topological polar surface area (TPSA) is 53.2 Å². The number of benzene rings is 1. The summed E-state index contributed by atoms with van der Waals surface area (Å²) in [6, 6.07) is 5.60. The number of amides is 1. The van der Waals surface area contributed by atoms with Crippen molar-refractivity contribution in [1.29, 1.82) is 0 Å². The van der Waals surface area contributed by atoms with Crippen molar-refractivity contribution in [3.05, 3.63) is 18.2 Å². The molecule has 0 atom stereocenters. The molecule has 70 valence electrons. The monoisotopic (exact) mass is 179 g/mol.